The summed E-state index contributed by atoms with van der Waals surface area (Å²) in [7, 11) is 0. The summed E-state index contributed by atoms with van der Waals surface area (Å²) in [5.41, 5.74) is 2.49. The zero-order valence-corrected chi connectivity index (χ0v) is 12.7. The summed E-state index contributed by atoms with van der Waals surface area (Å²) in [6.45, 7) is 0. The highest BCUT2D eigenvalue weighted by atomic mass is 127. The molecule has 0 bridgehead atoms. The van der Waals surface area contributed by atoms with Crippen molar-refractivity contribution in [1.82, 2.24) is 0 Å². The first kappa shape index (κ1) is 13.1. The molecule has 3 rings (SSSR count). The van der Waals surface area contributed by atoms with Gasteiger partial charge in [0.1, 0.15) is 11.5 Å². The molecule has 2 aromatic carbocycles. The average Bonchev–Trinajstić information content (AvgIpc) is 2.86. The minimum atomic E-state index is 0.607. The fourth-order valence-electron chi connectivity index (χ4n) is 2.11. The SMILES string of the molecule is O=Cc1c(-c2ccccc2)oc(-c2ccccc2)c1I. The van der Waals surface area contributed by atoms with E-state index in [9.17, 15) is 4.79 Å². The maximum Gasteiger partial charge on any atom is 0.155 e. The van der Waals surface area contributed by atoms with Crippen molar-refractivity contribution in [3.63, 3.8) is 0 Å². The van der Waals surface area contributed by atoms with E-state index >= 15 is 0 Å². The van der Waals surface area contributed by atoms with Crippen LogP contribution < -0.4 is 0 Å². The molecule has 1 aromatic heterocycles. The number of hydrogen-bond donors (Lipinski definition) is 0. The number of aldehydes is 1. The Hall–Kier alpha value is -1.88. The second-order valence-electron chi connectivity index (χ2n) is 4.34. The van der Waals surface area contributed by atoms with Crippen molar-refractivity contribution < 1.29 is 9.21 Å². The van der Waals surface area contributed by atoms with E-state index in [2.05, 4.69) is 22.6 Å². The van der Waals surface area contributed by atoms with Crippen LogP contribution in [0.1, 0.15) is 10.4 Å². The Kier molecular flexibility index (Phi) is 3.69. The first-order valence-corrected chi connectivity index (χ1v) is 7.27. The first-order valence-electron chi connectivity index (χ1n) is 6.19. The molecule has 1 heterocycles. The van der Waals surface area contributed by atoms with Crippen molar-refractivity contribution in [3.05, 3.63) is 69.8 Å². The summed E-state index contributed by atoms with van der Waals surface area (Å²) in [6, 6.07) is 19.5. The Bertz CT molecular complexity index is 730. The molecule has 3 aromatic rings. The molecule has 0 aliphatic carbocycles. The van der Waals surface area contributed by atoms with Gasteiger partial charge in [0.2, 0.25) is 0 Å². The molecule has 0 radical (unpaired) electrons. The van der Waals surface area contributed by atoms with Crippen molar-refractivity contribution in [2.24, 2.45) is 0 Å². The van der Waals surface area contributed by atoms with Gasteiger partial charge in [-0.05, 0) is 22.6 Å². The van der Waals surface area contributed by atoms with E-state index in [4.69, 9.17) is 4.42 Å². The quantitative estimate of drug-likeness (QED) is 0.476. The second-order valence-corrected chi connectivity index (χ2v) is 5.42. The van der Waals surface area contributed by atoms with Crippen molar-refractivity contribution in [3.8, 4) is 22.6 Å². The standard InChI is InChI=1S/C17H11IO2/c18-15-14(11-19)16(12-7-3-1-4-8-12)20-17(15)13-9-5-2-6-10-13/h1-11H. The normalized spacial score (nSPS) is 10.4. The van der Waals surface area contributed by atoms with Crippen LogP contribution in [0.15, 0.2) is 65.1 Å². The van der Waals surface area contributed by atoms with Crippen LogP contribution in [0.4, 0.5) is 0 Å². The Morgan fingerprint density at radius 2 is 1.30 bits per heavy atom. The van der Waals surface area contributed by atoms with Crippen LogP contribution >= 0.6 is 22.6 Å². The molecule has 0 aliphatic rings. The van der Waals surface area contributed by atoms with Crippen LogP contribution in [0.25, 0.3) is 22.6 Å². The van der Waals surface area contributed by atoms with E-state index in [1.165, 1.54) is 0 Å². The molecule has 0 N–H and O–H groups in total. The van der Waals surface area contributed by atoms with Crippen molar-refractivity contribution in [1.29, 1.82) is 0 Å². The average molecular weight is 374 g/mol. The van der Waals surface area contributed by atoms with Crippen molar-refractivity contribution in [2.75, 3.05) is 0 Å². The van der Waals surface area contributed by atoms with Gasteiger partial charge in [0.05, 0.1) is 9.13 Å². The number of rotatable bonds is 3. The molecule has 0 atom stereocenters. The van der Waals surface area contributed by atoms with Crippen LogP contribution in [-0.4, -0.2) is 6.29 Å². The number of halogens is 1. The summed E-state index contributed by atoms with van der Waals surface area (Å²) in [5, 5.41) is 0. The summed E-state index contributed by atoms with van der Waals surface area (Å²) in [5.74, 6) is 1.37. The van der Waals surface area contributed by atoms with Crippen LogP contribution in [-0.2, 0) is 0 Å². The first-order chi connectivity index (χ1) is 9.81. The Morgan fingerprint density at radius 1 is 0.800 bits per heavy atom. The largest absolute Gasteiger partial charge is 0.454 e. The van der Waals surface area contributed by atoms with Gasteiger partial charge in [-0.15, -0.1) is 0 Å². The van der Waals surface area contributed by atoms with Crippen LogP contribution in [0.2, 0.25) is 0 Å². The summed E-state index contributed by atoms with van der Waals surface area (Å²) in [4.78, 5) is 11.4. The highest BCUT2D eigenvalue weighted by Crippen LogP contribution is 2.36. The lowest BCUT2D eigenvalue weighted by molar-refractivity contribution is 0.112. The molecule has 0 unspecified atom stereocenters. The summed E-state index contributed by atoms with van der Waals surface area (Å²) in [6.07, 6.45) is 0.861. The Labute approximate surface area is 130 Å². The number of carbonyl (C=O) groups is 1. The van der Waals surface area contributed by atoms with Gasteiger partial charge < -0.3 is 4.42 Å². The van der Waals surface area contributed by atoms with Gasteiger partial charge >= 0.3 is 0 Å². The zero-order chi connectivity index (χ0) is 13.9. The third kappa shape index (κ3) is 2.29. The van der Waals surface area contributed by atoms with Gasteiger partial charge in [-0.25, -0.2) is 0 Å². The topological polar surface area (TPSA) is 30.2 Å². The lowest BCUT2D eigenvalue weighted by Crippen LogP contribution is -1.84. The molecule has 3 heteroatoms. The minimum absolute atomic E-state index is 0.607. The summed E-state index contributed by atoms with van der Waals surface area (Å²) < 4.78 is 6.82. The predicted octanol–water partition coefficient (Wildman–Crippen LogP) is 5.03. The van der Waals surface area contributed by atoms with Gasteiger partial charge in [0.15, 0.2) is 6.29 Å². The predicted molar refractivity (Wildman–Crippen MR) is 87.7 cm³/mol. The van der Waals surface area contributed by atoms with Gasteiger partial charge in [-0.2, -0.15) is 0 Å². The third-order valence-electron chi connectivity index (χ3n) is 3.07. The Balaban J connectivity index is 2.21. The molecule has 0 aliphatic heterocycles. The van der Waals surface area contributed by atoms with Crippen molar-refractivity contribution >= 4 is 28.9 Å². The van der Waals surface area contributed by atoms with Crippen molar-refractivity contribution in [2.45, 2.75) is 0 Å². The molecular weight excluding hydrogens is 363 g/mol. The van der Waals surface area contributed by atoms with E-state index in [-0.39, 0.29) is 0 Å². The molecule has 0 amide bonds. The lowest BCUT2D eigenvalue weighted by Gasteiger charge is -1.98. The van der Waals surface area contributed by atoms with Gasteiger partial charge in [0.25, 0.3) is 0 Å². The maximum absolute atomic E-state index is 11.4. The van der Waals surface area contributed by atoms with E-state index in [1.54, 1.807) is 0 Å². The molecular formula is C17H11IO2. The van der Waals surface area contributed by atoms with Crippen LogP contribution in [0, 0.1) is 3.57 Å². The molecule has 0 fully saturated rings. The third-order valence-corrected chi connectivity index (χ3v) is 4.15. The summed E-state index contributed by atoms with van der Waals surface area (Å²) >= 11 is 2.17. The fraction of sp³-hybridized carbons (Fsp3) is 0. The van der Waals surface area contributed by atoms with Gasteiger partial charge in [-0.3, -0.25) is 4.79 Å². The van der Waals surface area contributed by atoms with Gasteiger partial charge in [0, 0.05) is 11.1 Å². The van der Waals surface area contributed by atoms with Crippen LogP contribution in [0.5, 0.6) is 0 Å². The van der Waals surface area contributed by atoms with E-state index in [0.29, 0.717) is 11.3 Å². The molecule has 0 spiro atoms. The molecule has 0 saturated heterocycles. The number of furan rings is 1. The minimum Gasteiger partial charge on any atom is -0.454 e. The monoisotopic (exact) mass is 374 g/mol. The fourth-order valence-corrected chi connectivity index (χ4v) is 2.90. The number of carbonyl (C=O) groups excluding carboxylic acids is 1. The molecule has 0 saturated carbocycles. The van der Waals surface area contributed by atoms with E-state index in [0.717, 1.165) is 26.7 Å². The molecule has 98 valence electrons. The van der Waals surface area contributed by atoms with E-state index < -0.39 is 0 Å². The number of hydrogen-bond acceptors (Lipinski definition) is 2. The van der Waals surface area contributed by atoms with Crippen LogP contribution in [0.3, 0.4) is 0 Å². The molecule has 20 heavy (non-hydrogen) atoms. The molecule has 2 nitrogen and oxygen atoms in total. The van der Waals surface area contributed by atoms with E-state index in [1.807, 2.05) is 60.7 Å². The maximum atomic E-state index is 11.4. The lowest BCUT2D eigenvalue weighted by atomic mass is 10.1. The second kappa shape index (κ2) is 5.63. The number of benzene rings is 2. The van der Waals surface area contributed by atoms with Gasteiger partial charge in [-0.1, -0.05) is 60.7 Å². The zero-order valence-electron chi connectivity index (χ0n) is 10.5. The smallest absolute Gasteiger partial charge is 0.155 e. The Morgan fingerprint density at radius 3 is 1.80 bits per heavy atom. The highest BCUT2D eigenvalue weighted by molar-refractivity contribution is 14.1. The highest BCUT2D eigenvalue weighted by Gasteiger charge is 2.19.